The molecule has 2 heterocycles. The van der Waals surface area contributed by atoms with Crippen molar-refractivity contribution in [3.05, 3.63) is 70.9 Å². The molecule has 0 amide bonds. The van der Waals surface area contributed by atoms with Crippen LogP contribution in [-0.4, -0.2) is 41.0 Å². The minimum absolute atomic E-state index is 0.807. The third kappa shape index (κ3) is 3.64. The van der Waals surface area contributed by atoms with E-state index in [0.29, 0.717) is 0 Å². The molecule has 1 saturated heterocycles. The summed E-state index contributed by atoms with van der Waals surface area (Å²) in [6, 6.07) is 19.0. The first kappa shape index (κ1) is 15.7. The number of nitrogens with zero attached hydrogens (tertiary/aromatic N) is 2. The van der Waals surface area contributed by atoms with Crippen molar-refractivity contribution in [3.63, 3.8) is 0 Å². The van der Waals surface area contributed by atoms with E-state index in [0.717, 1.165) is 44.3 Å². The highest BCUT2D eigenvalue weighted by Crippen LogP contribution is 2.17. The maximum atomic E-state index is 5.96. The smallest absolute Gasteiger partial charge is 0.0456 e. The van der Waals surface area contributed by atoms with Crippen molar-refractivity contribution in [1.82, 2.24) is 14.8 Å². The predicted octanol–water partition coefficient (Wildman–Crippen LogP) is 4.14. The van der Waals surface area contributed by atoms with E-state index in [-0.39, 0.29) is 0 Å². The van der Waals surface area contributed by atoms with Crippen molar-refractivity contribution in [2.24, 2.45) is 0 Å². The lowest BCUT2D eigenvalue weighted by atomic mass is 10.2. The third-order valence-corrected chi connectivity index (χ3v) is 5.02. The summed E-state index contributed by atoms with van der Waals surface area (Å²) in [5.74, 6) is 0. The Balaban J connectivity index is 1.31. The summed E-state index contributed by atoms with van der Waals surface area (Å²) in [6.07, 6.45) is 0. The highest BCUT2D eigenvalue weighted by atomic mass is 35.5. The fraction of sp³-hybridized carbons (Fsp3) is 0.300. The second-order valence-electron chi connectivity index (χ2n) is 6.56. The number of H-pyrrole nitrogens is 1. The highest BCUT2D eigenvalue weighted by Gasteiger charge is 2.17. The Morgan fingerprint density at radius 3 is 2.21 bits per heavy atom. The molecule has 3 nitrogen and oxygen atoms in total. The number of rotatable bonds is 4. The van der Waals surface area contributed by atoms with Crippen molar-refractivity contribution >= 4 is 22.5 Å². The fourth-order valence-electron chi connectivity index (χ4n) is 3.41. The molecular formula is C20H22ClN3. The number of piperazine rings is 1. The second kappa shape index (κ2) is 6.98. The lowest BCUT2D eigenvalue weighted by Gasteiger charge is -2.34. The normalized spacial score (nSPS) is 16.7. The zero-order valence-electron chi connectivity index (χ0n) is 13.7. The van der Waals surface area contributed by atoms with Gasteiger partial charge in [0.25, 0.3) is 0 Å². The van der Waals surface area contributed by atoms with Crippen LogP contribution in [0.1, 0.15) is 11.3 Å². The Morgan fingerprint density at radius 1 is 0.833 bits per heavy atom. The SMILES string of the molecule is Clc1ccc(CN2CCN(Cc3cc4ccccc4[nH]3)CC2)cc1. The van der Waals surface area contributed by atoms with Crippen molar-refractivity contribution in [3.8, 4) is 0 Å². The van der Waals surface area contributed by atoms with E-state index in [1.807, 2.05) is 12.1 Å². The van der Waals surface area contributed by atoms with E-state index in [4.69, 9.17) is 11.6 Å². The number of para-hydroxylation sites is 1. The molecule has 24 heavy (non-hydrogen) atoms. The van der Waals surface area contributed by atoms with E-state index >= 15 is 0 Å². The number of nitrogens with one attached hydrogen (secondary N) is 1. The van der Waals surface area contributed by atoms with Gasteiger partial charge in [0.15, 0.2) is 0 Å². The summed E-state index contributed by atoms with van der Waals surface area (Å²) >= 11 is 5.96. The largest absolute Gasteiger partial charge is 0.357 e. The number of fused-ring (bicyclic) bond motifs is 1. The molecule has 124 valence electrons. The zero-order chi connectivity index (χ0) is 16.4. The summed E-state index contributed by atoms with van der Waals surface area (Å²) < 4.78 is 0. The van der Waals surface area contributed by atoms with Crippen molar-refractivity contribution < 1.29 is 0 Å². The van der Waals surface area contributed by atoms with Crippen LogP contribution in [0.3, 0.4) is 0 Å². The van der Waals surface area contributed by atoms with Gasteiger partial charge in [-0.25, -0.2) is 0 Å². The van der Waals surface area contributed by atoms with Crippen LogP contribution < -0.4 is 0 Å². The van der Waals surface area contributed by atoms with Crippen molar-refractivity contribution in [1.29, 1.82) is 0 Å². The van der Waals surface area contributed by atoms with Crippen LogP contribution in [0.4, 0.5) is 0 Å². The molecule has 1 N–H and O–H groups in total. The Labute approximate surface area is 147 Å². The molecule has 0 aliphatic carbocycles. The van der Waals surface area contributed by atoms with Crippen LogP contribution in [-0.2, 0) is 13.1 Å². The number of hydrogen-bond acceptors (Lipinski definition) is 2. The molecular weight excluding hydrogens is 318 g/mol. The molecule has 0 radical (unpaired) electrons. The minimum atomic E-state index is 0.807. The third-order valence-electron chi connectivity index (χ3n) is 4.76. The Morgan fingerprint density at radius 2 is 1.50 bits per heavy atom. The van der Waals surface area contributed by atoms with Crippen LogP contribution in [0.15, 0.2) is 54.6 Å². The second-order valence-corrected chi connectivity index (χ2v) is 7.00. The maximum absolute atomic E-state index is 5.96. The summed E-state index contributed by atoms with van der Waals surface area (Å²) in [6.45, 7) is 6.47. The Hall–Kier alpha value is -1.81. The van der Waals surface area contributed by atoms with Crippen LogP contribution in [0.5, 0.6) is 0 Å². The highest BCUT2D eigenvalue weighted by molar-refractivity contribution is 6.30. The number of aromatic amines is 1. The van der Waals surface area contributed by atoms with Crippen LogP contribution in [0.2, 0.25) is 5.02 Å². The molecule has 4 rings (SSSR count). The van der Waals surface area contributed by atoms with E-state index in [1.54, 1.807) is 0 Å². The fourth-order valence-corrected chi connectivity index (χ4v) is 3.54. The first-order chi connectivity index (χ1) is 11.8. The van der Waals surface area contributed by atoms with E-state index in [1.165, 1.54) is 22.2 Å². The van der Waals surface area contributed by atoms with Gasteiger partial charge in [-0.3, -0.25) is 9.80 Å². The molecule has 1 fully saturated rings. The number of halogens is 1. The van der Waals surface area contributed by atoms with Gasteiger partial charge >= 0.3 is 0 Å². The minimum Gasteiger partial charge on any atom is -0.357 e. The molecule has 2 aromatic carbocycles. The van der Waals surface area contributed by atoms with Gasteiger partial charge in [0.05, 0.1) is 0 Å². The molecule has 0 spiro atoms. The zero-order valence-corrected chi connectivity index (χ0v) is 14.5. The van der Waals surface area contributed by atoms with Gasteiger partial charge < -0.3 is 4.98 Å². The lowest BCUT2D eigenvalue weighted by molar-refractivity contribution is 0.121. The van der Waals surface area contributed by atoms with Gasteiger partial charge in [-0.05, 0) is 35.2 Å². The summed E-state index contributed by atoms with van der Waals surface area (Å²) in [5.41, 5.74) is 3.87. The van der Waals surface area contributed by atoms with Crippen molar-refractivity contribution in [2.45, 2.75) is 13.1 Å². The summed E-state index contributed by atoms with van der Waals surface area (Å²) in [5, 5.41) is 2.11. The summed E-state index contributed by atoms with van der Waals surface area (Å²) in [4.78, 5) is 8.58. The van der Waals surface area contributed by atoms with Gasteiger partial charge in [0, 0.05) is 55.5 Å². The van der Waals surface area contributed by atoms with E-state index in [2.05, 4.69) is 57.2 Å². The van der Waals surface area contributed by atoms with Gasteiger partial charge in [0.1, 0.15) is 0 Å². The molecule has 1 aliphatic rings. The average molecular weight is 340 g/mol. The van der Waals surface area contributed by atoms with Gasteiger partial charge in [-0.1, -0.05) is 41.9 Å². The van der Waals surface area contributed by atoms with E-state index < -0.39 is 0 Å². The van der Waals surface area contributed by atoms with Gasteiger partial charge in [-0.2, -0.15) is 0 Å². The number of aromatic nitrogens is 1. The monoisotopic (exact) mass is 339 g/mol. The summed E-state index contributed by atoms with van der Waals surface area (Å²) in [7, 11) is 0. The molecule has 1 aliphatic heterocycles. The molecule has 0 bridgehead atoms. The van der Waals surface area contributed by atoms with Crippen LogP contribution in [0, 0.1) is 0 Å². The predicted molar refractivity (Wildman–Crippen MR) is 100 cm³/mol. The van der Waals surface area contributed by atoms with Gasteiger partial charge in [-0.15, -0.1) is 0 Å². The average Bonchev–Trinajstić information content (AvgIpc) is 3.01. The van der Waals surface area contributed by atoms with E-state index in [9.17, 15) is 0 Å². The quantitative estimate of drug-likeness (QED) is 0.771. The molecule has 0 atom stereocenters. The van der Waals surface area contributed by atoms with Gasteiger partial charge in [0.2, 0.25) is 0 Å². The first-order valence-electron chi connectivity index (χ1n) is 8.52. The topological polar surface area (TPSA) is 22.3 Å². The molecule has 3 aromatic rings. The van der Waals surface area contributed by atoms with Crippen LogP contribution in [0.25, 0.3) is 10.9 Å². The maximum Gasteiger partial charge on any atom is 0.0456 e. The Kier molecular flexibility index (Phi) is 4.56. The van der Waals surface area contributed by atoms with Crippen molar-refractivity contribution in [2.75, 3.05) is 26.2 Å². The number of hydrogen-bond donors (Lipinski definition) is 1. The molecule has 1 aromatic heterocycles. The lowest BCUT2D eigenvalue weighted by Crippen LogP contribution is -2.45. The standard InChI is InChI=1S/C20H22ClN3/c21-18-7-5-16(6-8-18)14-23-9-11-24(12-10-23)15-19-13-17-3-1-2-4-20(17)22-19/h1-8,13,22H,9-12,14-15H2. The molecule has 0 saturated carbocycles. The number of benzene rings is 2. The Bertz CT molecular complexity index is 768. The first-order valence-corrected chi connectivity index (χ1v) is 8.90. The van der Waals surface area contributed by atoms with Crippen LogP contribution >= 0.6 is 11.6 Å². The molecule has 4 heteroatoms. The molecule has 0 unspecified atom stereocenters.